The van der Waals surface area contributed by atoms with Gasteiger partial charge in [0.05, 0.1) is 0 Å². The van der Waals surface area contributed by atoms with E-state index in [0.29, 0.717) is 5.75 Å². The van der Waals surface area contributed by atoms with Crippen molar-refractivity contribution >= 4 is 43.0 Å². The predicted molar refractivity (Wildman–Crippen MR) is 92.7 cm³/mol. The molecule has 0 aliphatic heterocycles. The minimum atomic E-state index is -2.62. The maximum absolute atomic E-state index is 8.40. The Hall–Kier alpha value is 0.610. The summed E-state index contributed by atoms with van der Waals surface area (Å²) in [5.41, 5.74) is 0. The van der Waals surface area contributed by atoms with E-state index in [9.17, 15) is 0 Å². The van der Waals surface area contributed by atoms with Crippen molar-refractivity contribution < 1.29 is 73.0 Å². The van der Waals surface area contributed by atoms with E-state index in [1.165, 1.54) is 0 Å². The molecule has 0 heterocycles. The van der Waals surface area contributed by atoms with E-state index >= 15 is 0 Å². The molecule has 0 aliphatic carbocycles. The number of hydrogen-bond donors (Lipinski definition) is 14. The molecule has 0 atom stereocenters. The fourth-order valence-electron chi connectivity index (χ4n) is 0.576. The summed E-state index contributed by atoms with van der Waals surface area (Å²) in [6, 6.07) is 8.65. The molecule has 0 aliphatic rings. The monoisotopic (exact) mass is 486 g/mol. The van der Waals surface area contributed by atoms with Crippen LogP contribution in [-0.2, 0) is 0 Å². The smallest absolute Gasteiger partial charge is 0.391 e. The molecular formula is C6H19O15P5. The molecule has 0 fully saturated rings. The predicted octanol–water partition coefficient (Wildman–Crippen LogP) is -1.96. The summed E-state index contributed by atoms with van der Waals surface area (Å²) in [4.78, 5) is 104. The van der Waals surface area contributed by atoms with Gasteiger partial charge in [-0.3, -0.25) is 0 Å². The van der Waals surface area contributed by atoms with Gasteiger partial charge in [-0.15, -0.1) is 0 Å². The van der Waals surface area contributed by atoms with Crippen LogP contribution in [0.2, 0.25) is 0 Å². The van der Waals surface area contributed by atoms with Crippen LogP contribution < -0.4 is 4.52 Å². The second-order valence-electron chi connectivity index (χ2n) is 2.73. The van der Waals surface area contributed by atoms with Gasteiger partial charge in [0.1, 0.15) is 5.75 Å². The Morgan fingerprint density at radius 2 is 0.692 bits per heavy atom. The molecule has 0 spiro atoms. The standard InChI is InChI=1S/C6H7O3P.4H3O3P/c7-10(8)9-6-4-2-1-3-5-6;4*1-4(2)3/h1-5,7-8H;4*1-3H. The zero-order valence-corrected chi connectivity index (χ0v) is 16.8. The lowest BCUT2D eigenvalue weighted by atomic mass is 10.3. The van der Waals surface area contributed by atoms with Crippen molar-refractivity contribution in [2.75, 3.05) is 0 Å². The fraction of sp³-hybridized carbons (Fsp3) is 0. The third-order valence-corrected chi connectivity index (χ3v) is 1.30. The molecule has 26 heavy (non-hydrogen) atoms. The van der Waals surface area contributed by atoms with Gasteiger partial charge in [-0.25, -0.2) is 0 Å². The van der Waals surface area contributed by atoms with Crippen molar-refractivity contribution in [3.8, 4) is 5.75 Å². The van der Waals surface area contributed by atoms with E-state index in [1.807, 2.05) is 6.07 Å². The van der Waals surface area contributed by atoms with Crippen LogP contribution in [0.1, 0.15) is 0 Å². The first-order valence-corrected chi connectivity index (χ1v) is 11.1. The second kappa shape index (κ2) is 25.6. The zero-order chi connectivity index (χ0) is 21.7. The van der Waals surface area contributed by atoms with Gasteiger partial charge < -0.3 is 73.0 Å². The summed E-state index contributed by atoms with van der Waals surface area (Å²) >= 11 is 0. The van der Waals surface area contributed by atoms with Crippen molar-refractivity contribution in [3.05, 3.63) is 30.3 Å². The Morgan fingerprint density at radius 3 is 0.885 bits per heavy atom. The SMILES string of the molecule is OP(O)O.OP(O)O.OP(O)O.OP(O)O.OP(O)Oc1ccccc1. The van der Waals surface area contributed by atoms with Crippen LogP contribution in [0.4, 0.5) is 0 Å². The summed E-state index contributed by atoms with van der Waals surface area (Å²) in [7, 11) is -12.8. The van der Waals surface area contributed by atoms with Crippen molar-refractivity contribution in [2.45, 2.75) is 0 Å². The molecule has 0 amide bonds. The number of para-hydroxylation sites is 1. The Kier molecular flexibility index (Phi) is 33.6. The lowest BCUT2D eigenvalue weighted by molar-refractivity contribution is 0.366. The highest BCUT2D eigenvalue weighted by Crippen LogP contribution is 2.27. The maximum Gasteiger partial charge on any atom is 0.391 e. The van der Waals surface area contributed by atoms with Crippen molar-refractivity contribution in [2.24, 2.45) is 0 Å². The quantitative estimate of drug-likeness (QED) is 0.202. The molecule has 0 aromatic heterocycles. The molecule has 0 unspecified atom stereocenters. The first-order chi connectivity index (χ1) is 11.7. The van der Waals surface area contributed by atoms with Crippen LogP contribution in [0.15, 0.2) is 30.3 Å². The van der Waals surface area contributed by atoms with Gasteiger partial charge >= 0.3 is 43.0 Å². The molecule has 14 N–H and O–H groups in total. The average molecular weight is 486 g/mol. The Bertz CT molecular complexity index is 319. The molecule has 0 saturated carbocycles. The first-order valence-electron chi connectivity index (χ1n) is 5.10. The Labute approximate surface area is 152 Å². The van der Waals surface area contributed by atoms with E-state index < -0.39 is 43.0 Å². The van der Waals surface area contributed by atoms with Gasteiger partial charge in [-0.05, 0) is 12.1 Å². The number of rotatable bonds is 2. The molecule has 1 rings (SSSR count). The zero-order valence-electron chi connectivity index (χ0n) is 12.3. The molecule has 15 nitrogen and oxygen atoms in total. The summed E-state index contributed by atoms with van der Waals surface area (Å²) in [6.45, 7) is 0. The van der Waals surface area contributed by atoms with E-state index in [-0.39, 0.29) is 0 Å². The molecule has 158 valence electrons. The highest BCUT2D eigenvalue weighted by molar-refractivity contribution is 7.40. The summed E-state index contributed by atoms with van der Waals surface area (Å²) in [5.74, 6) is 0.471. The van der Waals surface area contributed by atoms with Gasteiger partial charge in [0.15, 0.2) is 0 Å². The normalized spacial score (nSPS) is 9.35. The van der Waals surface area contributed by atoms with E-state index in [4.69, 9.17) is 68.5 Å². The number of benzene rings is 1. The highest BCUT2D eigenvalue weighted by Gasteiger charge is 1.99. The molecule has 0 saturated heterocycles. The molecule has 0 bridgehead atoms. The van der Waals surface area contributed by atoms with Gasteiger partial charge in [-0.1, -0.05) is 18.2 Å². The molecular weight excluding hydrogens is 467 g/mol. The molecule has 1 aromatic carbocycles. The van der Waals surface area contributed by atoms with E-state index in [0.717, 1.165) is 0 Å². The third kappa shape index (κ3) is 86.3. The van der Waals surface area contributed by atoms with E-state index in [2.05, 4.69) is 4.52 Å². The molecule has 1 aromatic rings. The summed E-state index contributed by atoms with van der Waals surface area (Å²) in [6.07, 6.45) is 0. The summed E-state index contributed by atoms with van der Waals surface area (Å²) < 4.78 is 4.59. The summed E-state index contributed by atoms with van der Waals surface area (Å²) in [5, 5.41) is 0. The van der Waals surface area contributed by atoms with Gasteiger partial charge in [0.2, 0.25) is 0 Å². The lowest BCUT2D eigenvalue weighted by Crippen LogP contribution is -1.82. The fourth-order valence-corrected chi connectivity index (χ4v) is 0.886. The van der Waals surface area contributed by atoms with Gasteiger partial charge in [0.25, 0.3) is 0 Å². The Balaban J connectivity index is -0.000000129. The van der Waals surface area contributed by atoms with Crippen molar-refractivity contribution in [1.82, 2.24) is 0 Å². The average Bonchev–Trinajstić information content (AvgIpc) is 2.36. The van der Waals surface area contributed by atoms with Gasteiger partial charge in [0, 0.05) is 0 Å². The maximum atomic E-state index is 8.40. The number of hydrogen-bond acceptors (Lipinski definition) is 15. The largest absolute Gasteiger partial charge is 0.427 e. The highest BCUT2D eigenvalue weighted by atomic mass is 31.2. The van der Waals surface area contributed by atoms with Crippen LogP contribution in [0.5, 0.6) is 5.75 Å². The molecule has 20 heteroatoms. The van der Waals surface area contributed by atoms with Crippen LogP contribution in [0.3, 0.4) is 0 Å². The molecule has 0 radical (unpaired) electrons. The topological polar surface area (TPSA) is 292 Å². The minimum absolute atomic E-state index is 0.471. The Morgan fingerprint density at radius 1 is 0.462 bits per heavy atom. The first kappa shape index (κ1) is 34.1. The second-order valence-corrected chi connectivity index (χ2v) is 5.57. The van der Waals surface area contributed by atoms with E-state index in [1.54, 1.807) is 24.3 Å². The van der Waals surface area contributed by atoms with Crippen LogP contribution >= 0.6 is 43.0 Å². The lowest BCUT2D eigenvalue weighted by Gasteiger charge is -2.02. The van der Waals surface area contributed by atoms with Crippen molar-refractivity contribution in [1.29, 1.82) is 0 Å². The van der Waals surface area contributed by atoms with Crippen LogP contribution in [0.25, 0.3) is 0 Å². The van der Waals surface area contributed by atoms with Gasteiger partial charge in [-0.2, -0.15) is 0 Å². The van der Waals surface area contributed by atoms with Crippen LogP contribution in [0, 0.1) is 0 Å². The minimum Gasteiger partial charge on any atom is -0.427 e. The van der Waals surface area contributed by atoms with Crippen molar-refractivity contribution in [3.63, 3.8) is 0 Å². The third-order valence-electron chi connectivity index (χ3n) is 0.930. The van der Waals surface area contributed by atoms with Crippen LogP contribution in [-0.4, -0.2) is 68.5 Å².